The van der Waals surface area contributed by atoms with Gasteiger partial charge in [0.1, 0.15) is 23.4 Å². The summed E-state index contributed by atoms with van der Waals surface area (Å²) in [4.78, 5) is 42.6. The minimum absolute atomic E-state index is 0.0682. The number of unbranched alkanes of at least 4 members (excludes halogenated alkanes) is 4. The van der Waals surface area contributed by atoms with Crippen molar-refractivity contribution in [3.05, 3.63) is 65.7 Å². The Morgan fingerprint density at radius 3 is 2.15 bits per heavy atom. The van der Waals surface area contributed by atoms with E-state index in [1.54, 1.807) is 37.8 Å². The van der Waals surface area contributed by atoms with E-state index in [0.29, 0.717) is 31.5 Å². The second kappa shape index (κ2) is 16.7. The van der Waals surface area contributed by atoms with E-state index < -0.39 is 23.8 Å². The molecule has 2 aromatic rings. The molecule has 3 amide bonds. The third kappa shape index (κ3) is 11.5. The number of aromatic hydroxyl groups is 1. The first kappa shape index (κ1) is 33.7. The highest BCUT2D eigenvalue weighted by molar-refractivity contribution is 5.92. The zero-order valence-corrected chi connectivity index (χ0v) is 25.6. The van der Waals surface area contributed by atoms with Gasteiger partial charge in [-0.15, -0.1) is 0 Å². The van der Waals surface area contributed by atoms with Crippen molar-refractivity contribution >= 4 is 17.9 Å². The lowest BCUT2D eigenvalue weighted by Crippen LogP contribution is -2.55. The second-order valence-corrected chi connectivity index (χ2v) is 11.7. The van der Waals surface area contributed by atoms with Crippen LogP contribution in [0.1, 0.15) is 97.2 Å². The van der Waals surface area contributed by atoms with Crippen molar-refractivity contribution in [2.24, 2.45) is 5.92 Å². The number of benzene rings is 2. The van der Waals surface area contributed by atoms with Crippen molar-refractivity contribution < 1.29 is 24.2 Å². The van der Waals surface area contributed by atoms with E-state index in [-0.39, 0.29) is 23.5 Å². The largest absolute Gasteiger partial charge is 0.508 e. The van der Waals surface area contributed by atoms with Gasteiger partial charge in [-0.1, -0.05) is 95.3 Å². The summed E-state index contributed by atoms with van der Waals surface area (Å²) in [6.07, 6.45) is 4.83. The normalized spacial score (nSPS) is 13.5. The standard InChI is InChI=1S/C33H49N3O5/c1-7-9-10-11-15-22-36(31(39)28(24(3)8-2)35-32(40)41-33(4,5)6)29(26-18-20-27(37)21-19-26)30(38)34-23-25-16-13-12-14-17-25/h12-14,16-21,24,28-29,37H,7-11,15,22-23H2,1-6H3,(H,34,38)(H,35,40). The summed E-state index contributed by atoms with van der Waals surface area (Å²) < 4.78 is 5.48. The lowest BCUT2D eigenvalue weighted by atomic mass is 9.95. The maximum atomic E-state index is 14.4. The smallest absolute Gasteiger partial charge is 0.408 e. The van der Waals surface area contributed by atoms with Gasteiger partial charge in [-0.05, 0) is 56.4 Å². The number of alkyl carbamates (subject to hydrolysis) is 1. The molecule has 0 aliphatic rings. The van der Waals surface area contributed by atoms with Gasteiger partial charge in [0.25, 0.3) is 0 Å². The third-order valence-electron chi connectivity index (χ3n) is 7.02. The van der Waals surface area contributed by atoms with E-state index in [0.717, 1.165) is 31.2 Å². The van der Waals surface area contributed by atoms with Crippen molar-refractivity contribution in [3.8, 4) is 5.75 Å². The molecule has 3 atom stereocenters. The number of nitrogens with one attached hydrogen (secondary N) is 2. The van der Waals surface area contributed by atoms with Crippen LogP contribution < -0.4 is 10.6 Å². The summed E-state index contributed by atoms with van der Waals surface area (Å²) >= 11 is 0. The molecule has 0 aromatic heterocycles. The second-order valence-electron chi connectivity index (χ2n) is 11.7. The molecule has 0 fully saturated rings. The van der Waals surface area contributed by atoms with Crippen LogP contribution in [-0.4, -0.2) is 46.1 Å². The van der Waals surface area contributed by atoms with Gasteiger partial charge in [-0.3, -0.25) is 9.59 Å². The Bertz CT molecular complexity index is 1080. The number of ether oxygens (including phenoxy) is 1. The first-order valence-electron chi connectivity index (χ1n) is 14.9. The molecule has 0 aliphatic heterocycles. The first-order chi connectivity index (χ1) is 19.5. The van der Waals surface area contributed by atoms with Crippen molar-refractivity contribution in [2.75, 3.05) is 6.54 Å². The summed E-state index contributed by atoms with van der Waals surface area (Å²) in [5.74, 6) is -0.806. The Morgan fingerprint density at radius 2 is 1.56 bits per heavy atom. The fourth-order valence-corrected chi connectivity index (χ4v) is 4.56. The molecule has 3 unspecified atom stereocenters. The summed E-state index contributed by atoms with van der Waals surface area (Å²) in [6.45, 7) is 12.0. The highest BCUT2D eigenvalue weighted by atomic mass is 16.6. The summed E-state index contributed by atoms with van der Waals surface area (Å²) in [5.41, 5.74) is 0.792. The molecule has 2 aromatic carbocycles. The van der Waals surface area contributed by atoms with Gasteiger partial charge in [-0.2, -0.15) is 0 Å². The van der Waals surface area contributed by atoms with Crippen LogP contribution in [0.5, 0.6) is 5.75 Å². The van der Waals surface area contributed by atoms with E-state index >= 15 is 0 Å². The van der Waals surface area contributed by atoms with Crippen molar-refractivity contribution in [3.63, 3.8) is 0 Å². The zero-order chi connectivity index (χ0) is 30.4. The van der Waals surface area contributed by atoms with E-state index in [1.807, 2.05) is 44.2 Å². The van der Waals surface area contributed by atoms with Crippen molar-refractivity contribution in [1.82, 2.24) is 15.5 Å². The molecule has 2 rings (SSSR count). The topological polar surface area (TPSA) is 108 Å². The number of hydrogen-bond acceptors (Lipinski definition) is 5. The third-order valence-corrected chi connectivity index (χ3v) is 7.02. The molecule has 0 bridgehead atoms. The number of amides is 3. The Hall–Kier alpha value is -3.55. The highest BCUT2D eigenvalue weighted by Crippen LogP contribution is 2.27. The van der Waals surface area contributed by atoms with E-state index in [4.69, 9.17) is 4.74 Å². The monoisotopic (exact) mass is 567 g/mol. The van der Waals surface area contributed by atoms with Gasteiger partial charge < -0.3 is 25.4 Å². The van der Waals surface area contributed by atoms with Crippen LogP contribution in [-0.2, 0) is 20.9 Å². The highest BCUT2D eigenvalue weighted by Gasteiger charge is 2.37. The molecule has 0 aliphatic carbocycles. The van der Waals surface area contributed by atoms with Crippen LogP contribution in [0.25, 0.3) is 0 Å². The van der Waals surface area contributed by atoms with Gasteiger partial charge in [0.15, 0.2) is 0 Å². The predicted molar refractivity (Wildman–Crippen MR) is 162 cm³/mol. The molecule has 41 heavy (non-hydrogen) atoms. The average Bonchev–Trinajstić information content (AvgIpc) is 2.93. The van der Waals surface area contributed by atoms with Crippen molar-refractivity contribution in [2.45, 2.75) is 104 Å². The lowest BCUT2D eigenvalue weighted by molar-refractivity contribution is -0.143. The Labute approximate surface area is 245 Å². The van der Waals surface area contributed by atoms with Crippen LogP contribution in [0.15, 0.2) is 54.6 Å². The molecule has 0 saturated carbocycles. The van der Waals surface area contributed by atoms with E-state index in [9.17, 15) is 19.5 Å². The average molecular weight is 568 g/mol. The fraction of sp³-hybridized carbons (Fsp3) is 0.545. The van der Waals surface area contributed by atoms with Crippen LogP contribution in [0.3, 0.4) is 0 Å². The molecule has 226 valence electrons. The predicted octanol–water partition coefficient (Wildman–Crippen LogP) is 6.49. The molecular weight excluding hydrogens is 518 g/mol. The number of nitrogens with zero attached hydrogens (tertiary/aromatic N) is 1. The number of rotatable bonds is 15. The quantitative estimate of drug-likeness (QED) is 0.213. The van der Waals surface area contributed by atoms with E-state index in [2.05, 4.69) is 17.6 Å². The molecule has 0 saturated heterocycles. The van der Waals surface area contributed by atoms with E-state index in [1.165, 1.54) is 12.1 Å². The number of carbonyl (C=O) groups excluding carboxylic acids is 3. The van der Waals surface area contributed by atoms with Crippen LogP contribution in [0.4, 0.5) is 4.79 Å². The maximum absolute atomic E-state index is 14.4. The zero-order valence-electron chi connectivity index (χ0n) is 25.6. The maximum Gasteiger partial charge on any atom is 0.408 e. The van der Waals surface area contributed by atoms with Crippen LogP contribution in [0.2, 0.25) is 0 Å². The molecule has 8 nitrogen and oxygen atoms in total. The minimum atomic E-state index is -0.954. The molecular formula is C33H49N3O5. The van der Waals surface area contributed by atoms with Gasteiger partial charge in [0.05, 0.1) is 0 Å². The summed E-state index contributed by atoms with van der Waals surface area (Å²) in [7, 11) is 0. The molecule has 0 radical (unpaired) electrons. The fourth-order valence-electron chi connectivity index (χ4n) is 4.56. The van der Waals surface area contributed by atoms with Gasteiger partial charge in [0, 0.05) is 13.1 Å². The number of phenolic OH excluding ortho intramolecular Hbond substituents is 1. The Morgan fingerprint density at radius 1 is 0.927 bits per heavy atom. The molecule has 8 heteroatoms. The minimum Gasteiger partial charge on any atom is -0.508 e. The SMILES string of the molecule is CCCCCCCN(C(=O)C(NC(=O)OC(C)(C)C)C(C)CC)C(C(=O)NCc1ccccc1)c1ccc(O)cc1. The first-order valence-corrected chi connectivity index (χ1v) is 14.9. The van der Waals surface area contributed by atoms with Crippen molar-refractivity contribution in [1.29, 1.82) is 0 Å². The number of phenols is 1. The van der Waals surface area contributed by atoms with Gasteiger partial charge in [-0.25, -0.2) is 4.79 Å². The molecule has 0 spiro atoms. The Balaban J connectivity index is 2.47. The number of carbonyl (C=O) groups is 3. The van der Waals surface area contributed by atoms with Gasteiger partial charge >= 0.3 is 6.09 Å². The van der Waals surface area contributed by atoms with Crippen LogP contribution in [0, 0.1) is 5.92 Å². The summed E-state index contributed by atoms with van der Waals surface area (Å²) in [6, 6.07) is 14.1. The Kier molecular flexibility index (Phi) is 13.7. The summed E-state index contributed by atoms with van der Waals surface area (Å²) in [5, 5.41) is 15.8. The molecule has 0 heterocycles. The lowest BCUT2D eigenvalue weighted by Gasteiger charge is -2.36. The van der Waals surface area contributed by atoms with Crippen LogP contribution >= 0.6 is 0 Å². The molecule has 3 N–H and O–H groups in total. The number of hydrogen-bond donors (Lipinski definition) is 3. The van der Waals surface area contributed by atoms with Gasteiger partial charge in [0.2, 0.25) is 11.8 Å².